The molecular weight excluding hydrogens is 312 g/mol. The van der Waals surface area contributed by atoms with Crippen molar-refractivity contribution in [2.24, 2.45) is 0 Å². The molecule has 0 aromatic heterocycles. The van der Waals surface area contributed by atoms with E-state index in [4.69, 9.17) is 14.7 Å². The monoisotopic (exact) mass is 330 g/mol. The predicted octanol–water partition coefficient (Wildman–Crippen LogP) is 1.51. The average molecular weight is 330 g/mol. The molecule has 2 aromatic rings. The highest BCUT2D eigenvalue weighted by Crippen LogP contribution is 2.28. The standard InChI is InChI=1S/C17H18N2O5/c1-23-15-9-12(7-8-14(15)24-11-16(20)19-22)10-18-17(21)13-5-3-2-4-6-13/h2-9,22H,10-11H2,1H3,(H,18,21)(H,19,20). The molecule has 0 bridgehead atoms. The van der Waals surface area contributed by atoms with Gasteiger partial charge in [0.2, 0.25) is 0 Å². The molecule has 2 aromatic carbocycles. The van der Waals surface area contributed by atoms with E-state index in [1.807, 2.05) is 6.07 Å². The molecule has 126 valence electrons. The van der Waals surface area contributed by atoms with Gasteiger partial charge in [0.05, 0.1) is 7.11 Å². The molecule has 7 heteroatoms. The van der Waals surface area contributed by atoms with Gasteiger partial charge in [0, 0.05) is 12.1 Å². The quantitative estimate of drug-likeness (QED) is 0.528. The van der Waals surface area contributed by atoms with Crippen LogP contribution < -0.4 is 20.3 Å². The molecule has 24 heavy (non-hydrogen) atoms. The van der Waals surface area contributed by atoms with Gasteiger partial charge >= 0.3 is 0 Å². The van der Waals surface area contributed by atoms with Crippen LogP contribution in [-0.4, -0.2) is 30.7 Å². The molecule has 2 rings (SSSR count). The van der Waals surface area contributed by atoms with E-state index in [2.05, 4.69) is 5.32 Å². The van der Waals surface area contributed by atoms with Crippen LogP contribution in [-0.2, 0) is 11.3 Å². The highest BCUT2D eigenvalue weighted by atomic mass is 16.5. The average Bonchev–Trinajstić information content (AvgIpc) is 2.64. The Morgan fingerprint density at radius 3 is 2.50 bits per heavy atom. The highest BCUT2D eigenvalue weighted by molar-refractivity contribution is 5.94. The van der Waals surface area contributed by atoms with E-state index >= 15 is 0 Å². The molecular formula is C17H18N2O5. The van der Waals surface area contributed by atoms with Crippen molar-refractivity contribution in [3.8, 4) is 11.5 Å². The lowest BCUT2D eigenvalue weighted by Crippen LogP contribution is -2.25. The molecule has 3 N–H and O–H groups in total. The lowest BCUT2D eigenvalue weighted by atomic mass is 10.1. The van der Waals surface area contributed by atoms with Crippen LogP contribution in [0.1, 0.15) is 15.9 Å². The number of carbonyl (C=O) groups is 2. The van der Waals surface area contributed by atoms with Crippen LogP contribution in [0, 0.1) is 0 Å². The zero-order valence-corrected chi connectivity index (χ0v) is 13.1. The van der Waals surface area contributed by atoms with E-state index < -0.39 is 5.91 Å². The number of hydroxylamine groups is 1. The van der Waals surface area contributed by atoms with E-state index in [0.717, 1.165) is 5.56 Å². The first-order valence-electron chi connectivity index (χ1n) is 7.20. The predicted molar refractivity (Wildman–Crippen MR) is 86.0 cm³/mol. The van der Waals surface area contributed by atoms with Gasteiger partial charge in [-0.15, -0.1) is 0 Å². The Morgan fingerprint density at radius 1 is 1.08 bits per heavy atom. The molecule has 0 heterocycles. The van der Waals surface area contributed by atoms with Crippen molar-refractivity contribution >= 4 is 11.8 Å². The summed E-state index contributed by atoms with van der Waals surface area (Å²) >= 11 is 0. The van der Waals surface area contributed by atoms with Gasteiger partial charge in [-0.2, -0.15) is 0 Å². The molecule has 0 radical (unpaired) electrons. The van der Waals surface area contributed by atoms with Crippen LogP contribution >= 0.6 is 0 Å². The minimum atomic E-state index is -0.670. The summed E-state index contributed by atoms with van der Waals surface area (Å²) in [5.41, 5.74) is 2.88. The number of carbonyl (C=O) groups excluding carboxylic acids is 2. The van der Waals surface area contributed by atoms with Crippen LogP contribution in [0.5, 0.6) is 11.5 Å². The minimum Gasteiger partial charge on any atom is -0.493 e. The largest absolute Gasteiger partial charge is 0.493 e. The highest BCUT2D eigenvalue weighted by Gasteiger charge is 2.09. The van der Waals surface area contributed by atoms with Gasteiger partial charge in [-0.3, -0.25) is 14.8 Å². The molecule has 0 aliphatic heterocycles. The molecule has 2 amide bonds. The van der Waals surface area contributed by atoms with E-state index in [1.54, 1.807) is 42.5 Å². The zero-order valence-electron chi connectivity index (χ0n) is 13.1. The summed E-state index contributed by atoms with van der Waals surface area (Å²) in [5, 5.41) is 11.3. The van der Waals surface area contributed by atoms with E-state index in [-0.39, 0.29) is 12.5 Å². The third-order valence-corrected chi connectivity index (χ3v) is 3.20. The molecule has 0 aliphatic rings. The van der Waals surface area contributed by atoms with Crippen LogP contribution in [0.25, 0.3) is 0 Å². The van der Waals surface area contributed by atoms with E-state index in [9.17, 15) is 9.59 Å². The summed E-state index contributed by atoms with van der Waals surface area (Å²) < 4.78 is 10.5. The second-order valence-electron chi connectivity index (χ2n) is 4.86. The number of nitrogens with one attached hydrogen (secondary N) is 2. The molecule has 0 atom stereocenters. The van der Waals surface area contributed by atoms with E-state index in [0.29, 0.717) is 23.6 Å². The van der Waals surface area contributed by atoms with Gasteiger partial charge in [-0.1, -0.05) is 24.3 Å². The lowest BCUT2D eigenvalue weighted by molar-refractivity contribution is -0.131. The number of methoxy groups -OCH3 is 1. The SMILES string of the molecule is COc1cc(CNC(=O)c2ccccc2)ccc1OCC(=O)NO. The lowest BCUT2D eigenvalue weighted by Gasteiger charge is -2.12. The van der Waals surface area contributed by atoms with Crippen molar-refractivity contribution in [2.45, 2.75) is 6.54 Å². The first-order valence-corrected chi connectivity index (χ1v) is 7.20. The van der Waals surface area contributed by atoms with Gasteiger partial charge in [-0.25, -0.2) is 5.48 Å². The second-order valence-corrected chi connectivity index (χ2v) is 4.86. The maximum atomic E-state index is 12.0. The summed E-state index contributed by atoms with van der Waals surface area (Å²) in [6.07, 6.45) is 0. The first-order chi connectivity index (χ1) is 11.6. The molecule has 0 aliphatic carbocycles. The van der Waals surface area contributed by atoms with Gasteiger partial charge < -0.3 is 14.8 Å². The van der Waals surface area contributed by atoms with Crippen molar-refractivity contribution in [1.82, 2.24) is 10.8 Å². The Bertz CT molecular complexity index is 703. The second kappa shape index (κ2) is 8.54. The summed E-state index contributed by atoms with van der Waals surface area (Å²) in [5.74, 6) is -0.0581. The van der Waals surface area contributed by atoms with Gasteiger partial charge in [0.25, 0.3) is 11.8 Å². The molecule has 0 saturated heterocycles. The topological polar surface area (TPSA) is 96.9 Å². The Labute approximate surface area is 139 Å². The number of amides is 2. The smallest absolute Gasteiger partial charge is 0.281 e. The molecule has 0 spiro atoms. The molecule has 0 fully saturated rings. The third-order valence-electron chi connectivity index (χ3n) is 3.20. The summed E-state index contributed by atoms with van der Waals surface area (Å²) in [6, 6.07) is 14.0. The maximum Gasteiger partial charge on any atom is 0.281 e. The maximum absolute atomic E-state index is 12.0. The van der Waals surface area contributed by atoms with Crippen LogP contribution in [0.2, 0.25) is 0 Å². The summed E-state index contributed by atoms with van der Waals surface area (Å²) in [4.78, 5) is 23.0. The number of benzene rings is 2. The number of rotatable bonds is 7. The Balaban J connectivity index is 1.98. The fourth-order valence-corrected chi connectivity index (χ4v) is 1.99. The third kappa shape index (κ3) is 4.72. The van der Waals surface area contributed by atoms with Crippen molar-refractivity contribution in [3.63, 3.8) is 0 Å². The van der Waals surface area contributed by atoms with Crippen LogP contribution in [0.15, 0.2) is 48.5 Å². The van der Waals surface area contributed by atoms with E-state index in [1.165, 1.54) is 12.6 Å². The van der Waals surface area contributed by atoms with Crippen molar-refractivity contribution < 1.29 is 24.3 Å². The van der Waals surface area contributed by atoms with Crippen LogP contribution in [0.4, 0.5) is 0 Å². The van der Waals surface area contributed by atoms with Gasteiger partial charge in [0.15, 0.2) is 18.1 Å². The molecule has 0 unspecified atom stereocenters. The number of hydrogen-bond donors (Lipinski definition) is 3. The van der Waals surface area contributed by atoms with Crippen molar-refractivity contribution in [1.29, 1.82) is 0 Å². The summed E-state index contributed by atoms with van der Waals surface area (Å²) in [6.45, 7) is -0.0154. The molecule has 7 nitrogen and oxygen atoms in total. The Hall–Kier alpha value is -3.06. The van der Waals surface area contributed by atoms with Crippen LogP contribution in [0.3, 0.4) is 0 Å². The first kappa shape index (κ1) is 17.3. The van der Waals surface area contributed by atoms with Crippen molar-refractivity contribution in [2.75, 3.05) is 13.7 Å². The fourth-order valence-electron chi connectivity index (χ4n) is 1.99. The molecule has 0 saturated carbocycles. The minimum absolute atomic E-state index is 0.172. The fraction of sp³-hybridized carbons (Fsp3) is 0.176. The van der Waals surface area contributed by atoms with Gasteiger partial charge in [0.1, 0.15) is 0 Å². The van der Waals surface area contributed by atoms with Crippen molar-refractivity contribution in [3.05, 3.63) is 59.7 Å². The number of hydrogen-bond acceptors (Lipinski definition) is 5. The number of ether oxygens (including phenoxy) is 2. The zero-order chi connectivity index (χ0) is 17.4. The normalized spacial score (nSPS) is 9.92. The Morgan fingerprint density at radius 2 is 1.83 bits per heavy atom. The van der Waals surface area contributed by atoms with Gasteiger partial charge in [-0.05, 0) is 29.8 Å². The summed E-state index contributed by atoms with van der Waals surface area (Å²) in [7, 11) is 1.47. The Kier molecular flexibility index (Phi) is 6.16.